The second-order valence-corrected chi connectivity index (χ2v) is 7.96. The zero-order valence-electron chi connectivity index (χ0n) is 15.8. The number of fused-ring (bicyclic) bond motifs is 2. The van der Waals surface area contributed by atoms with Gasteiger partial charge in [-0.25, -0.2) is 9.97 Å². The maximum Gasteiger partial charge on any atom is 0.397 e. The van der Waals surface area contributed by atoms with Crippen molar-refractivity contribution < 1.29 is 22.7 Å². The molecule has 7 nitrogen and oxygen atoms in total. The van der Waals surface area contributed by atoms with Crippen LogP contribution in [0.1, 0.15) is 24.1 Å². The molecule has 0 radical (unpaired) electrons. The minimum absolute atomic E-state index is 0.202. The zero-order chi connectivity index (χ0) is 19.9. The van der Waals surface area contributed by atoms with Crippen LogP contribution in [0.4, 0.5) is 19.1 Å². The Kier molecular flexibility index (Phi) is 4.95. The lowest BCUT2D eigenvalue weighted by Crippen LogP contribution is -2.46. The van der Waals surface area contributed by atoms with Gasteiger partial charge in [0, 0.05) is 51.0 Å². The Morgan fingerprint density at radius 3 is 2.71 bits per heavy atom. The van der Waals surface area contributed by atoms with Crippen molar-refractivity contribution in [2.45, 2.75) is 31.0 Å². The predicted molar refractivity (Wildman–Crippen MR) is 94.9 cm³/mol. The lowest BCUT2D eigenvalue weighted by Gasteiger charge is -2.36. The van der Waals surface area contributed by atoms with Crippen LogP contribution >= 0.6 is 0 Å². The maximum atomic E-state index is 12.6. The molecule has 154 valence electrons. The van der Waals surface area contributed by atoms with E-state index < -0.39 is 23.9 Å². The van der Waals surface area contributed by atoms with E-state index in [1.807, 2.05) is 0 Å². The van der Waals surface area contributed by atoms with Crippen LogP contribution in [0.15, 0.2) is 6.20 Å². The average Bonchev–Trinajstić information content (AvgIpc) is 3.06. The number of anilines is 1. The Hall–Kier alpha value is -1.94. The highest BCUT2D eigenvalue weighted by atomic mass is 19.4. The summed E-state index contributed by atoms with van der Waals surface area (Å²) in [5.74, 6) is -0.238. The second-order valence-electron chi connectivity index (χ2n) is 7.96. The van der Waals surface area contributed by atoms with Gasteiger partial charge in [0.15, 0.2) is 0 Å². The van der Waals surface area contributed by atoms with Gasteiger partial charge in [-0.15, -0.1) is 0 Å². The molecule has 0 aliphatic carbocycles. The number of ether oxygens (including phenoxy) is 1. The van der Waals surface area contributed by atoms with Crippen LogP contribution in [-0.2, 0) is 21.6 Å². The molecule has 3 aliphatic rings. The third-order valence-corrected chi connectivity index (χ3v) is 5.83. The summed E-state index contributed by atoms with van der Waals surface area (Å²) in [5, 5.41) is 0. The third-order valence-electron chi connectivity index (χ3n) is 5.83. The number of likely N-dealkylation sites (tertiary alicyclic amines) is 1. The highest BCUT2D eigenvalue weighted by Crippen LogP contribution is 2.40. The van der Waals surface area contributed by atoms with Crippen molar-refractivity contribution >= 4 is 11.9 Å². The molecule has 1 aromatic heterocycles. The minimum Gasteiger partial charge on any atom is -0.376 e. The van der Waals surface area contributed by atoms with Crippen molar-refractivity contribution in [1.82, 2.24) is 19.8 Å². The van der Waals surface area contributed by atoms with Crippen LogP contribution in [0.2, 0.25) is 0 Å². The number of likely N-dealkylation sites (N-methyl/N-ethyl adjacent to an activating group) is 1. The number of nitrogens with zero attached hydrogens (tertiary/aromatic N) is 5. The fourth-order valence-electron chi connectivity index (χ4n) is 4.23. The van der Waals surface area contributed by atoms with Crippen molar-refractivity contribution in [2.75, 3.05) is 57.8 Å². The van der Waals surface area contributed by atoms with Crippen molar-refractivity contribution in [1.29, 1.82) is 0 Å². The van der Waals surface area contributed by atoms with Crippen molar-refractivity contribution in [3.05, 3.63) is 17.5 Å². The standard InChI is InChI=1S/C18H24F3N5O2/c1-24-4-6-25(7-5-24)16-22-9-13-10-28-12-17(15(13)23-16)2-3-26(11-17)14(27)8-18(19,20)21/h9H,2-8,10-12H2,1H3. The number of alkyl halides is 3. The quantitative estimate of drug-likeness (QED) is 0.745. The van der Waals surface area contributed by atoms with Gasteiger partial charge in [0.05, 0.1) is 24.3 Å². The molecule has 1 spiro atoms. The van der Waals surface area contributed by atoms with Crippen LogP contribution in [-0.4, -0.2) is 84.8 Å². The summed E-state index contributed by atoms with van der Waals surface area (Å²) in [6.45, 7) is 4.73. The number of hydrogen-bond acceptors (Lipinski definition) is 6. The van der Waals surface area contributed by atoms with Gasteiger partial charge < -0.3 is 19.4 Å². The molecule has 1 aromatic rings. The molecule has 1 atom stereocenters. The van der Waals surface area contributed by atoms with Crippen LogP contribution < -0.4 is 4.90 Å². The number of carbonyl (C=O) groups is 1. The number of piperazine rings is 1. The number of aromatic nitrogens is 2. The molecule has 2 saturated heterocycles. The maximum absolute atomic E-state index is 12.6. The SMILES string of the molecule is CN1CCN(c2ncc3c(n2)C2(CCN(C(=O)CC(F)(F)F)C2)COC3)CC1. The van der Waals surface area contributed by atoms with Crippen LogP contribution in [0.25, 0.3) is 0 Å². The second kappa shape index (κ2) is 7.14. The molecule has 3 aliphatic heterocycles. The molecule has 0 aromatic carbocycles. The minimum atomic E-state index is -4.50. The number of carbonyl (C=O) groups excluding carboxylic acids is 1. The summed E-state index contributed by atoms with van der Waals surface area (Å²) in [6.07, 6.45) is -3.61. The summed E-state index contributed by atoms with van der Waals surface area (Å²) < 4.78 is 43.6. The average molecular weight is 399 g/mol. The van der Waals surface area contributed by atoms with E-state index in [4.69, 9.17) is 9.72 Å². The molecule has 10 heteroatoms. The molecule has 2 fully saturated rings. The van der Waals surface area contributed by atoms with Crippen LogP contribution in [0, 0.1) is 0 Å². The predicted octanol–water partition coefficient (Wildman–Crippen LogP) is 1.18. The summed E-state index contributed by atoms with van der Waals surface area (Å²) in [5.41, 5.74) is 1.12. The van der Waals surface area contributed by atoms with Crippen LogP contribution in [0.5, 0.6) is 0 Å². The molecule has 1 unspecified atom stereocenters. The molecule has 0 saturated carbocycles. The van der Waals surface area contributed by atoms with Crippen molar-refractivity contribution in [3.63, 3.8) is 0 Å². The first-order chi connectivity index (χ1) is 13.3. The van der Waals surface area contributed by atoms with Crippen molar-refractivity contribution in [3.8, 4) is 0 Å². The van der Waals surface area contributed by atoms with E-state index in [2.05, 4.69) is 21.8 Å². The Bertz CT molecular complexity index is 751. The molecule has 0 bridgehead atoms. The largest absolute Gasteiger partial charge is 0.397 e. The summed E-state index contributed by atoms with van der Waals surface area (Å²) in [6, 6.07) is 0. The fraction of sp³-hybridized carbons (Fsp3) is 0.722. The molecule has 1 amide bonds. The van der Waals surface area contributed by atoms with Gasteiger partial charge in [-0.3, -0.25) is 4.79 Å². The summed E-state index contributed by atoms with van der Waals surface area (Å²) in [7, 11) is 2.07. The van der Waals surface area contributed by atoms with Gasteiger partial charge in [-0.05, 0) is 13.5 Å². The van der Waals surface area contributed by atoms with Gasteiger partial charge in [0.25, 0.3) is 0 Å². The van der Waals surface area contributed by atoms with Gasteiger partial charge in [0.1, 0.15) is 6.42 Å². The molecule has 4 heterocycles. The molecule has 28 heavy (non-hydrogen) atoms. The normalized spacial score (nSPS) is 26.0. The zero-order valence-corrected chi connectivity index (χ0v) is 15.8. The van der Waals surface area contributed by atoms with E-state index in [0.29, 0.717) is 25.6 Å². The van der Waals surface area contributed by atoms with Gasteiger partial charge >= 0.3 is 6.18 Å². The summed E-state index contributed by atoms with van der Waals surface area (Å²) >= 11 is 0. The Morgan fingerprint density at radius 2 is 2.00 bits per heavy atom. The third kappa shape index (κ3) is 3.80. The Morgan fingerprint density at radius 1 is 1.25 bits per heavy atom. The number of rotatable bonds is 2. The summed E-state index contributed by atoms with van der Waals surface area (Å²) in [4.78, 5) is 27.0. The van der Waals surface area contributed by atoms with E-state index in [-0.39, 0.29) is 13.1 Å². The van der Waals surface area contributed by atoms with E-state index in [1.54, 1.807) is 6.20 Å². The van der Waals surface area contributed by atoms with Gasteiger partial charge in [-0.2, -0.15) is 13.2 Å². The van der Waals surface area contributed by atoms with Gasteiger partial charge in [-0.1, -0.05) is 0 Å². The number of hydrogen-bond donors (Lipinski definition) is 0. The molecular weight excluding hydrogens is 375 g/mol. The molecule has 0 N–H and O–H groups in total. The first kappa shape index (κ1) is 19.4. The Labute approximate surface area is 161 Å². The first-order valence-electron chi connectivity index (χ1n) is 9.48. The van der Waals surface area contributed by atoms with Crippen molar-refractivity contribution in [2.24, 2.45) is 0 Å². The smallest absolute Gasteiger partial charge is 0.376 e. The molecular formula is C18H24F3N5O2. The fourth-order valence-corrected chi connectivity index (χ4v) is 4.23. The van der Waals surface area contributed by atoms with E-state index in [0.717, 1.165) is 37.4 Å². The first-order valence-corrected chi connectivity index (χ1v) is 9.48. The van der Waals surface area contributed by atoms with E-state index in [1.165, 1.54) is 4.90 Å². The van der Waals surface area contributed by atoms with E-state index in [9.17, 15) is 18.0 Å². The van der Waals surface area contributed by atoms with Gasteiger partial charge in [0.2, 0.25) is 11.9 Å². The number of halogens is 3. The van der Waals surface area contributed by atoms with E-state index >= 15 is 0 Å². The topological polar surface area (TPSA) is 61.8 Å². The lowest BCUT2D eigenvalue weighted by molar-refractivity contribution is -0.160. The monoisotopic (exact) mass is 399 g/mol. The Balaban J connectivity index is 1.56. The highest BCUT2D eigenvalue weighted by molar-refractivity contribution is 5.77. The lowest BCUT2D eigenvalue weighted by atomic mass is 9.80. The van der Waals surface area contributed by atoms with Crippen LogP contribution in [0.3, 0.4) is 0 Å². The molecule has 4 rings (SSSR count). The highest BCUT2D eigenvalue weighted by Gasteiger charge is 2.47. The number of amides is 1.